The van der Waals surface area contributed by atoms with Gasteiger partial charge in [0, 0.05) is 24.0 Å². The molecule has 0 bridgehead atoms. The Hall–Kier alpha value is -4.04. The lowest BCUT2D eigenvalue weighted by Gasteiger charge is -2.13. The van der Waals surface area contributed by atoms with Gasteiger partial charge in [0.1, 0.15) is 0 Å². The molecule has 0 radical (unpaired) electrons. The van der Waals surface area contributed by atoms with Crippen LogP contribution < -0.4 is 16.6 Å². The van der Waals surface area contributed by atoms with Gasteiger partial charge in [-0.2, -0.15) is 9.78 Å². The summed E-state index contributed by atoms with van der Waals surface area (Å²) in [5.41, 5.74) is -0.124. The first-order valence-electron chi connectivity index (χ1n) is 9.74. The molecule has 0 aliphatic carbocycles. The summed E-state index contributed by atoms with van der Waals surface area (Å²) in [5, 5.41) is 7.16. The van der Waals surface area contributed by atoms with Crippen molar-refractivity contribution in [3.8, 4) is 5.69 Å². The first kappa shape index (κ1) is 21.2. The number of hydrogen-bond donors (Lipinski definition) is 1. The number of aromatic nitrogens is 4. The maximum absolute atomic E-state index is 13.1. The lowest BCUT2D eigenvalue weighted by molar-refractivity contribution is 0.0941. The average molecular weight is 448 g/mol. The molecular weight excluding hydrogens is 430 g/mol. The van der Waals surface area contributed by atoms with Crippen LogP contribution in [0, 0.1) is 0 Å². The minimum absolute atomic E-state index is 0.102. The zero-order chi connectivity index (χ0) is 22.5. The lowest BCUT2D eigenvalue weighted by Crippen LogP contribution is -2.46. The highest BCUT2D eigenvalue weighted by Crippen LogP contribution is 2.15. The quantitative estimate of drug-likeness (QED) is 0.489. The zero-order valence-corrected chi connectivity index (χ0v) is 17.6. The largest absolute Gasteiger partial charge is 0.352 e. The molecule has 2 aromatic carbocycles. The Balaban J connectivity index is 1.78. The van der Waals surface area contributed by atoms with Gasteiger partial charge in [0.05, 0.1) is 12.2 Å². The van der Waals surface area contributed by atoms with Crippen LogP contribution in [0.3, 0.4) is 0 Å². The minimum Gasteiger partial charge on any atom is -0.346 e. The third-order valence-electron chi connectivity index (χ3n) is 4.74. The molecule has 8 nitrogen and oxygen atoms in total. The Labute approximate surface area is 187 Å². The molecule has 0 saturated heterocycles. The van der Waals surface area contributed by atoms with E-state index in [1.807, 2.05) is 0 Å². The highest BCUT2D eigenvalue weighted by molar-refractivity contribution is 6.31. The molecule has 2 heterocycles. The van der Waals surface area contributed by atoms with Crippen LogP contribution in [0.25, 0.3) is 5.69 Å². The second-order valence-electron chi connectivity index (χ2n) is 6.91. The SMILES string of the molecule is O=C(NCc1cccnc1)c1nn(-c2ccccc2)c(=O)n(Cc2ccccc2Cl)c1=O. The van der Waals surface area contributed by atoms with Crippen molar-refractivity contribution in [2.24, 2.45) is 0 Å². The standard InChI is InChI=1S/C23H18ClN5O3/c24-19-11-5-4-8-17(19)15-28-22(31)20(21(30)26-14-16-7-6-12-25-13-16)27-29(23(28)32)18-9-2-1-3-10-18/h1-13H,14-15H2,(H,26,30). The highest BCUT2D eigenvalue weighted by atomic mass is 35.5. The Kier molecular flexibility index (Phi) is 6.23. The first-order chi connectivity index (χ1) is 15.5. The van der Waals surface area contributed by atoms with Crippen LogP contribution in [0.4, 0.5) is 0 Å². The van der Waals surface area contributed by atoms with Gasteiger partial charge in [0.25, 0.3) is 11.5 Å². The molecule has 2 aromatic heterocycles. The Morgan fingerprint density at radius 3 is 2.44 bits per heavy atom. The molecule has 160 valence electrons. The molecular formula is C23H18ClN5O3. The molecule has 0 saturated carbocycles. The number of halogens is 1. The van der Waals surface area contributed by atoms with Gasteiger partial charge in [0.2, 0.25) is 5.69 Å². The summed E-state index contributed by atoms with van der Waals surface area (Å²) in [6.07, 6.45) is 3.23. The predicted octanol–water partition coefficient (Wildman–Crippen LogP) is 2.42. The fourth-order valence-electron chi connectivity index (χ4n) is 3.10. The van der Waals surface area contributed by atoms with Crippen LogP contribution in [-0.2, 0) is 13.1 Å². The van der Waals surface area contributed by atoms with Gasteiger partial charge in [-0.05, 0) is 35.4 Å². The summed E-state index contributed by atoms with van der Waals surface area (Å²) in [6, 6.07) is 19.0. The van der Waals surface area contributed by atoms with Crippen molar-refractivity contribution < 1.29 is 4.79 Å². The third kappa shape index (κ3) is 4.50. The van der Waals surface area contributed by atoms with Crippen molar-refractivity contribution in [1.29, 1.82) is 0 Å². The number of carbonyl (C=O) groups excluding carboxylic acids is 1. The van der Waals surface area contributed by atoms with Crippen molar-refractivity contribution in [3.63, 3.8) is 0 Å². The highest BCUT2D eigenvalue weighted by Gasteiger charge is 2.20. The summed E-state index contributed by atoms with van der Waals surface area (Å²) >= 11 is 6.23. The van der Waals surface area contributed by atoms with E-state index in [-0.39, 0.29) is 13.1 Å². The molecule has 0 aliphatic rings. The van der Waals surface area contributed by atoms with Crippen molar-refractivity contribution >= 4 is 17.5 Å². The number of amides is 1. The van der Waals surface area contributed by atoms with Crippen molar-refractivity contribution in [2.75, 3.05) is 0 Å². The van der Waals surface area contributed by atoms with Gasteiger partial charge in [0.15, 0.2) is 0 Å². The Morgan fingerprint density at radius 1 is 0.969 bits per heavy atom. The zero-order valence-electron chi connectivity index (χ0n) is 16.8. The summed E-state index contributed by atoms with van der Waals surface area (Å²) in [5.74, 6) is -0.698. The van der Waals surface area contributed by atoms with E-state index >= 15 is 0 Å². The molecule has 0 aliphatic heterocycles. The minimum atomic E-state index is -0.800. The van der Waals surface area contributed by atoms with E-state index in [1.54, 1.807) is 79.1 Å². The number of nitrogens with one attached hydrogen (secondary N) is 1. The molecule has 32 heavy (non-hydrogen) atoms. The maximum atomic E-state index is 13.1. The smallest absolute Gasteiger partial charge is 0.346 e. The second-order valence-corrected chi connectivity index (χ2v) is 7.31. The van der Waals surface area contributed by atoms with Crippen LogP contribution in [0.1, 0.15) is 21.6 Å². The van der Waals surface area contributed by atoms with Crippen LogP contribution in [0.5, 0.6) is 0 Å². The Morgan fingerprint density at radius 2 is 1.72 bits per heavy atom. The summed E-state index contributed by atoms with van der Waals surface area (Å²) in [7, 11) is 0. The Bertz CT molecular complexity index is 1370. The molecule has 1 N–H and O–H groups in total. The molecule has 0 unspecified atom stereocenters. The summed E-state index contributed by atoms with van der Waals surface area (Å²) in [6.45, 7) is 0.0539. The van der Waals surface area contributed by atoms with Gasteiger partial charge >= 0.3 is 5.69 Å². The third-order valence-corrected chi connectivity index (χ3v) is 5.11. The molecule has 0 fully saturated rings. The van der Waals surface area contributed by atoms with Gasteiger partial charge < -0.3 is 5.32 Å². The molecule has 4 rings (SSSR count). The number of hydrogen-bond acceptors (Lipinski definition) is 5. The summed E-state index contributed by atoms with van der Waals surface area (Å²) < 4.78 is 2.00. The van der Waals surface area contributed by atoms with E-state index in [0.29, 0.717) is 16.3 Å². The van der Waals surface area contributed by atoms with Crippen molar-refractivity contribution in [1.82, 2.24) is 24.6 Å². The number of nitrogens with zero attached hydrogens (tertiary/aromatic N) is 4. The fraction of sp³-hybridized carbons (Fsp3) is 0.0870. The van der Waals surface area contributed by atoms with E-state index < -0.39 is 22.9 Å². The molecule has 0 spiro atoms. The van der Waals surface area contributed by atoms with Crippen LogP contribution in [0.15, 0.2) is 88.7 Å². The first-order valence-corrected chi connectivity index (χ1v) is 10.1. The molecule has 9 heteroatoms. The number of carbonyl (C=O) groups is 1. The van der Waals surface area contributed by atoms with Crippen LogP contribution in [0.2, 0.25) is 5.02 Å². The topological polar surface area (TPSA) is 98.9 Å². The van der Waals surface area contributed by atoms with E-state index in [4.69, 9.17) is 11.6 Å². The van der Waals surface area contributed by atoms with Gasteiger partial charge in [-0.3, -0.25) is 19.1 Å². The van der Waals surface area contributed by atoms with Crippen LogP contribution >= 0.6 is 11.6 Å². The monoisotopic (exact) mass is 447 g/mol. The van der Waals surface area contributed by atoms with Gasteiger partial charge in [-0.25, -0.2) is 4.79 Å². The van der Waals surface area contributed by atoms with Gasteiger partial charge in [-0.15, -0.1) is 0 Å². The maximum Gasteiger partial charge on any atom is 0.352 e. The number of pyridine rings is 1. The van der Waals surface area contributed by atoms with E-state index in [0.717, 1.165) is 14.8 Å². The van der Waals surface area contributed by atoms with Gasteiger partial charge in [-0.1, -0.05) is 54.1 Å². The predicted molar refractivity (Wildman–Crippen MR) is 120 cm³/mol. The van der Waals surface area contributed by atoms with E-state index in [2.05, 4.69) is 15.4 Å². The number of benzene rings is 2. The number of para-hydroxylation sites is 1. The molecule has 4 aromatic rings. The lowest BCUT2D eigenvalue weighted by atomic mass is 10.2. The molecule has 0 atom stereocenters. The van der Waals surface area contributed by atoms with E-state index in [1.165, 1.54) is 0 Å². The second kappa shape index (κ2) is 9.40. The van der Waals surface area contributed by atoms with Crippen molar-refractivity contribution in [2.45, 2.75) is 13.1 Å². The van der Waals surface area contributed by atoms with Crippen molar-refractivity contribution in [3.05, 3.63) is 122 Å². The average Bonchev–Trinajstić information content (AvgIpc) is 2.82. The fourth-order valence-corrected chi connectivity index (χ4v) is 3.30. The normalized spacial score (nSPS) is 10.7. The number of rotatable bonds is 6. The van der Waals surface area contributed by atoms with Crippen LogP contribution in [-0.4, -0.2) is 25.2 Å². The molecule has 1 amide bonds. The summed E-state index contributed by atoms with van der Waals surface area (Å²) in [4.78, 5) is 43.1. The van der Waals surface area contributed by atoms with E-state index in [9.17, 15) is 14.4 Å².